The smallest absolute Gasteiger partial charge is 0.229 e. The van der Waals surface area contributed by atoms with Crippen LogP contribution < -0.4 is 15.5 Å². The van der Waals surface area contributed by atoms with Crippen LogP contribution in [0.3, 0.4) is 0 Å². The zero-order valence-electron chi connectivity index (χ0n) is 18.1. The molecule has 1 saturated heterocycles. The molecular weight excluding hydrogens is 366 g/mol. The highest BCUT2D eigenvalue weighted by Crippen LogP contribution is 2.27. The third kappa shape index (κ3) is 5.95. The first-order chi connectivity index (χ1) is 14.2. The van der Waals surface area contributed by atoms with Crippen LogP contribution in [0.15, 0.2) is 0 Å². The fraction of sp³-hybridized carbons (Fsp3) is 0.762. The van der Waals surface area contributed by atoms with Gasteiger partial charge in [-0.2, -0.15) is 15.0 Å². The summed E-state index contributed by atoms with van der Waals surface area (Å²) in [5.41, 5.74) is 7.43. The Bertz CT molecular complexity index is 730. The van der Waals surface area contributed by atoms with Crippen LogP contribution in [-0.4, -0.2) is 59.3 Å². The van der Waals surface area contributed by atoms with Gasteiger partial charge in [0.25, 0.3) is 0 Å². The summed E-state index contributed by atoms with van der Waals surface area (Å²) >= 11 is 0. The number of morpholine rings is 1. The molecule has 3 heterocycles. The van der Waals surface area contributed by atoms with Gasteiger partial charge in [0.15, 0.2) is 17.4 Å². The van der Waals surface area contributed by atoms with Gasteiger partial charge in [-0.05, 0) is 12.8 Å². The fourth-order valence-electron chi connectivity index (χ4n) is 3.81. The lowest BCUT2D eigenvalue weighted by Gasteiger charge is -2.29. The second-order valence-corrected chi connectivity index (χ2v) is 7.88. The zero-order valence-corrected chi connectivity index (χ0v) is 18.1. The Morgan fingerprint density at radius 3 is 2.21 bits per heavy atom. The summed E-state index contributed by atoms with van der Waals surface area (Å²) in [4.78, 5) is 21.9. The van der Waals surface area contributed by atoms with E-state index in [-0.39, 0.29) is 0 Å². The molecule has 0 aromatic carbocycles. The minimum Gasteiger partial charge on any atom is -0.378 e. The number of hydrogen-bond acceptors (Lipinski definition) is 7. The van der Waals surface area contributed by atoms with E-state index < -0.39 is 0 Å². The van der Waals surface area contributed by atoms with Crippen LogP contribution in [0.25, 0.3) is 11.2 Å². The molecule has 1 aliphatic rings. The minimum absolute atomic E-state index is 0.387. The van der Waals surface area contributed by atoms with Crippen molar-refractivity contribution < 1.29 is 4.74 Å². The average Bonchev–Trinajstić information content (AvgIpc) is 3.12. The maximum atomic E-state index is 5.95. The van der Waals surface area contributed by atoms with Crippen molar-refractivity contribution >= 4 is 28.9 Å². The summed E-state index contributed by atoms with van der Waals surface area (Å²) < 4.78 is 5.52. The molecule has 1 fully saturated rings. The van der Waals surface area contributed by atoms with Gasteiger partial charge in [-0.3, -0.25) is 0 Å². The number of nitrogens with one attached hydrogen (secondary N) is 1. The van der Waals surface area contributed by atoms with Gasteiger partial charge in [0, 0.05) is 26.2 Å². The zero-order chi connectivity index (χ0) is 20.5. The second kappa shape index (κ2) is 11.2. The Morgan fingerprint density at radius 2 is 1.59 bits per heavy atom. The van der Waals surface area contributed by atoms with Gasteiger partial charge < -0.3 is 25.3 Å². The molecule has 0 radical (unpaired) electrons. The molecule has 0 spiro atoms. The number of aromatic nitrogens is 4. The normalized spacial score (nSPS) is 14.6. The molecule has 0 aliphatic carbocycles. The van der Waals surface area contributed by atoms with E-state index in [9.17, 15) is 0 Å². The van der Waals surface area contributed by atoms with Gasteiger partial charge in [0.2, 0.25) is 5.95 Å². The van der Waals surface area contributed by atoms with E-state index in [2.05, 4.69) is 33.6 Å². The molecule has 162 valence electrons. The molecule has 0 bridgehead atoms. The van der Waals surface area contributed by atoms with Crippen molar-refractivity contribution in [3.63, 3.8) is 0 Å². The third-order valence-electron chi connectivity index (χ3n) is 5.50. The van der Waals surface area contributed by atoms with Gasteiger partial charge in [-0.15, -0.1) is 0 Å². The van der Waals surface area contributed by atoms with E-state index in [4.69, 9.17) is 20.4 Å². The Morgan fingerprint density at radius 1 is 0.931 bits per heavy atom. The quantitative estimate of drug-likeness (QED) is 0.521. The van der Waals surface area contributed by atoms with Gasteiger partial charge >= 0.3 is 0 Å². The van der Waals surface area contributed by atoms with E-state index in [0.29, 0.717) is 24.8 Å². The Balaban J connectivity index is 1.84. The van der Waals surface area contributed by atoms with Gasteiger partial charge in [0.1, 0.15) is 5.52 Å². The number of H-pyrrole nitrogens is 1. The molecule has 1 aliphatic heterocycles. The van der Waals surface area contributed by atoms with Crippen molar-refractivity contribution in [2.75, 3.05) is 54.9 Å². The number of nitrogens with two attached hydrogens (primary N) is 1. The number of hydrogen-bond donors (Lipinski definition) is 2. The monoisotopic (exact) mass is 403 g/mol. The molecule has 29 heavy (non-hydrogen) atoms. The molecular formula is C21H37N7O. The summed E-state index contributed by atoms with van der Waals surface area (Å²) in [6.45, 7) is 9.52. The minimum atomic E-state index is 0.387. The number of nitrogens with zero attached hydrogens (tertiary/aromatic N) is 5. The molecule has 3 N–H and O–H groups in total. The van der Waals surface area contributed by atoms with E-state index in [0.717, 1.165) is 43.5 Å². The highest BCUT2D eigenvalue weighted by atomic mass is 16.5. The van der Waals surface area contributed by atoms with Crippen molar-refractivity contribution in [3.8, 4) is 0 Å². The molecule has 2 aromatic rings. The number of fused-ring (bicyclic) bond motifs is 1. The number of nitrogen functional groups attached to an aromatic ring is 1. The maximum Gasteiger partial charge on any atom is 0.229 e. The summed E-state index contributed by atoms with van der Waals surface area (Å²) in [6.07, 6.45) is 9.86. The van der Waals surface area contributed by atoms with Crippen molar-refractivity contribution in [1.82, 2.24) is 19.9 Å². The summed E-state index contributed by atoms with van der Waals surface area (Å²) in [5, 5.41) is 0. The van der Waals surface area contributed by atoms with Crippen LogP contribution in [0.2, 0.25) is 0 Å². The molecule has 0 unspecified atom stereocenters. The first-order valence-corrected chi connectivity index (χ1v) is 11.3. The lowest BCUT2D eigenvalue weighted by molar-refractivity contribution is 0.122. The lowest BCUT2D eigenvalue weighted by atomic mass is 10.2. The molecule has 0 saturated carbocycles. The molecule has 0 atom stereocenters. The van der Waals surface area contributed by atoms with Crippen molar-refractivity contribution in [2.24, 2.45) is 0 Å². The van der Waals surface area contributed by atoms with Gasteiger partial charge in [0.05, 0.1) is 13.2 Å². The topological polar surface area (TPSA) is 96.2 Å². The number of ether oxygens (including phenoxy) is 1. The van der Waals surface area contributed by atoms with Crippen LogP contribution >= 0.6 is 0 Å². The van der Waals surface area contributed by atoms with Crippen LogP contribution in [-0.2, 0) is 4.74 Å². The predicted molar refractivity (Wildman–Crippen MR) is 120 cm³/mol. The molecule has 8 nitrogen and oxygen atoms in total. The summed E-state index contributed by atoms with van der Waals surface area (Å²) in [5.74, 6) is 2.06. The first-order valence-electron chi connectivity index (χ1n) is 11.3. The van der Waals surface area contributed by atoms with Crippen LogP contribution in [0, 0.1) is 0 Å². The fourth-order valence-corrected chi connectivity index (χ4v) is 3.81. The van der Waals surface area contributed by atoms with E-state index in [1.54, 1.807) is 0 Å². The van der Waals surface area contributed by atoms with E-state index in [1.165, 1.54) is 51.4 Å². The molecule has 0 amide bonds. The van der Waals surface area contributed by atoms with Crippen LogP contribution in [0.5, 0.6) is 0 Å². The molecule has 3 rings (SSSR count). The van der Waals surface area contributed by atoms with Crippen molar-refractivity contribution in [2.45, 2.75) is 65.2 Å². The third-order valence-corrected chi connectivity index (χ3v) is 5.50. The Labute approximate surface area is 174 Å². The average molecular weight is 404 g/mol. The summed E-state index contributed by atoms with van der Waals surface area (Å²) in [6, 6.07) is 0. The highest BCUT2D eigenvalue weighted by molar-refractivity contribution is 5.86. The number of imidazole rings is 1. The Kier molecular flexibility index (Phi) is 8.34. The van der Waals surface area contributed by atoms with E-state index in [1.807, 2.05) is 0 Å². The predicted octanol–water partition coefficient (Wildman–Crippen LogP) is 3.74. The number of unbranched alkanes of at least 4 members (excludes halogenated alkanes) is 6. The number of aromatic amines is 1. The second-order valence-electron chi connectivity index (χ2n) is 7.88. The van der Waals surface area contributed by atoms with Crippen molar-refractivity contribution in [3.05, 3.63) is 0 Å². The number of rotatable bonds is 12. The lowest BCUT2D eigenvalue weighted by Crippen LogP contribution is -2.37. The van der Waals surface area contributed by atoms with Crippen LogP contribution in [0.4, 0.5) is 17.7 Å². The molecule has 2 aromatic heterocycles. The highest BCUT2D eigenvalue weighted by Gasteiger charge is 2.21. The van der Waals surface area contributed by atoms with Gasteiger partial charge in [-0.25, -0.2) is 0 Å². The Hall–Kier alpha value is -2.09. The van der Waals surface area contributed by atoms with E-state index >= 15 is 0 Å². The summed E-state index contributed by atoms with van der Waals surface area (Å²) in [7, 11) is 0. The van der Waals surface area contributed by atoms with Crippen molar-refractivity contribution in [1.29, 1.82) is 0 Å². The maximum absolute atomic E-state index is 5.95. The standard InChI is InChI=1S/C21H37N7O/c1-3-5-7-9-11-28(12-10-8-6-4-2)21-25-18-17(23-20(22)24-18)19(26-21)27-13-15-29-16-14-27/h3-16H2,1-2H3,(H3,22,23,24,25,26). The van der Waals surface area contributed by atoms with Gasteiger partial charge in [-0.1, -0.05) is 52.4 Å². The SMILES string of the molecule is CCCCCCN(CCCCCC)c1nc(N2CCOCC2)c2[nH]c(N)nc2n1. The van der Waals surface area contributed by atoms with Crippen LogP contribution in [0.1, 0.15) is 65.2 Å². The largest absolute Gasteiger partial charge is 0.378 e. The number of anilines is 3. The molecule has 8 heteroatoms. The first kappa shape index (κ1) is 21.6.